The zero-order valence-electron chi connectivity index (χ0n) is 12.4. The Morgan fingerprint density at radius 1 is 1.19 bits per heavy atom. The highest BCUT2D eigenvalue weighted by atomic mass is 79.9. The molecule has 0 spiro atoms. The van der Waals surface area contributed by atoms with Gasteiger partial charge in [0.15, 0.2) is 0 Å². The van der Waals surface area contributed by atoms with Crippen LogP contribution in [0.5, 0.6) is 0 Å². The number of aromatic nitrogens is 2. The lowest BCUT2D eigenvalue weighted by atomic mass is 9.64. The quantitative estimate of drug-likeness (QED) is 0.908. The van der Waals surface area contributed by atoms with E-state index in [0.29, 0.717) is 0 Å². The van der Waals surface area contributed by atoms with Gasteiger partial charge in [-0.15, -0.1) is 0 Å². The molecule has 1 atom stereocenters. The molecule has 1 heterocycles. The summed E-state index contributed by atoms with van der Waals surface area (Å²) >= 11 is 3.62. The van der Waals surface area contributed by atoms with Crippen molar-refractivity contribution in [2.24, 2.45) is 12.8 Å². The first-order valence-corrected chi connectivity index (χ1v) is 8.43. The van der Waals surface area contributed by atoms with Crippen LogP contribution >= 0.6 is 15.9 Å². The summed E-state index contributed by atoms with van der Waals surface area (Å²) in [7, 11) is 1.97. The molecular weight excluding hydrogens is 326 g/mol. The van der Waals surface area contributed by atoms with Gasteiger partial charge < -0.3 is 5.73 Å². The van der Waals surface area contributed by atoms with Gasteiger partial charge in [0.1, 0.15) is 0 Å². The molecule has 1 aromatic carbocycles. The minimum Gasteiger partial charge on any atom is -0.322 e. The van der Waals surface area contributed by atoms with E-state index >= 15 is 0 Å². The smallest absolute Gasteiger partial charge is 0.0699 e. The monoisotopic (exact) mass is 347 g/mol. The van der Waals surface area contributed by atoms with Crippen LogP contribution in [0.2, 0.25) is 0 Å². The van der Waals surface area contributed by atoms with Crippen molar-refractivity contribution in [3.05, 3.63) is 52.3 Å². The highest BCUT2D eigenvalue weighted by Gasteiger charge is 2.42. The van der Waals surface area contributed by atoms with Crippen LogP contribution in [0.25, 0.3) is 0 Å². The van der Waals surface area contributed by atoms with E-state index < -0.39 is 0 Å². The molecule has 112 valence electrons. The van der Waals surface area contributed by atoms with Crippen LogP contribution < -0.4 is 5.73 Å². The lowest BCUT2D eigenvalue weighted by Gasteiger charge is -2.42. The van der Waals surface area contributed by atoms with Crippen molar-refractivity contribution in [3.63, 3.8) is 0 Å². The number of aryl methyl sites for hydroxylation is 1. The van der Waals surface area contributed by atoms with E-state index in [9.17, 15) is 0 Å². The van der Waals surface area contributed by atoms with Crippen LogP contribution in [0.15, 0.2) is 41.0 Å². The predicted octanol–water partition coefficient (Wildman–Crippen LogP) is 4.08. The summed E-state index contributed by atoms with van der Waals surface area (Å²) in [6.45, 7) is 0. The number of benzene rings is 1. The maximum absolute atomic E-state index is 6.79. The molecule has 0 saturated heterocycles. The van der Waals surface area contributed by atoms with E-state index in [2.05, 4.69) is 51.4 Å². The van der Waals surface area contributed by atoms with Crippen LogP contribution in [0.3, 0.4) is 0 Å². The highest BCUT2D eigenvalue weighted by Crippen LogP contribution is 2.48. The van der Waals surface area contributed by atoms with Crippen molar-refractivity contribution >= 4 is 15.9 Å². The van der Waals surface area contributed by atoms with Gasteiger partial charge in [0, 0.05) is 12.5 Å². The van der Waals surface area contributed by atoms with E-state index in [0.717, 1.165) is 23.0 Å². The Morgan fingerprint density at radius 2 is 1.86 bits per heavy atom. The molecule has 3 rings (SSSR count). The summed E-state index contributed by atoms with van der Waals surface area (Å²) in [5.74, 6) is 0. The van der Waals surface area contributed by atoms with E-state index in [4.69, 9.17) is 5.73 Å². The average Bonchev–Trinajstić information content (AvgIpc) is 2.87. The Bertz CT molecular complexity index is 580. The van der Waals surface area contributed by atoms with Crippen LogP contribution in [0, 0.1) is 0 Å². The molecule has 0 amide bonds. The van der Waals surface area contributed by atoms with Gasteiger partial charge in [0.2, 0.25) is 0 Å². The van der Waals surface area contributed by atoms with Gasteiger partial charge >= 0.3 is 0 Å². The summed E-state index contributed by atoms with van der Waals surface area (Å²) in [6.07, 6.45) is 7.95. The molecule has 1 fully saturated rings. The molecule has 4 heteroatoms. The third-order valence-corrected chi connectivity index (χ3v) is 5.53. The Kier molecular flexibility index (Phi) is 4.18. The molecule has 0 radical (unpaired) electrons. The fraction of sp³-hybridized carbons (Fsp3) is 0.471. The molecule has 2 aromatic rings. The Morgan fingerprint density at radius 3 is 2.43 bits per heavy atom. The van der Waals surface area contributed by atoms with Crippen LogP contribution in [0.1, 0.15) is 49.4 Å². The van der Waals surface area contributed by atoms with Crippen molar-refractivity contribution in [2.45, 2.75) is 43.6 Å². The molecule has 2 N–H and O–H groups in total. The van der Waals surface area contributed by atoms with Crippen molar-refractivity contribution in [3.8, 4) is 0 Å². The number of hydrogen-bond donors (Lipinski definition) is 1. The second kappa shape index (κ2) is 5.93. The van der Waals surface area contributed by atoms with Crippen LogP contribution in [-0.2, 0) is 12.5 Å². The maximum Gasteiger partial charge on any atom is 0.0699 e. The lowest BCUT2D eigenvalue weighted by molar-refractivity contribution is 0.237. The van der Waals surface area contributed by atoms with Gasteiger partial charge in [0.05, 0.1) is 22.4 Å². The predicted molar refractivity (Wildman–Crippen MR) is 89.0 cm³/mol. The summed E-state index contributed by atoms with van der Waals surface area (Å²) < 4.78 is 2.92. The zero-order chi connectivity index (χ0) is 14.9. The first-order chi connectivity index (χ1) is 10.1. The van der Waals surface area contributed by atoms with E-state index in [1.807, 2.05) is 17.9 Å². The number of halogens is 1. The summed E-state index contributed by atoms with van der Waals surface area (Å²) in [5.41, 5.74) is 9.28. The molecule has 1 unspecified atom stereocenters. The number of hydrogen-bond acceptors (Lipinski definition) is 2. The van der Waals surface area contributed by atoms with Crippen molar-refractivity contribution in [1.82, 2.24) is 9.78 Å². The zero-order valence-corrected chi connectivity index (χ0v) is 14.0. The number of rotatable bonds is 3. The van der Waals surface area contributed by atoms with Gasteiger partial charge in [-0.25, -0.2) is 0 Å². The van der Waals surface area contributed by atoms with Crippen molar-refractivity contribution in [1.29, 1.82) is 0 Å². The van der Waals surface area contributed by atoms with Crippen molar-refractivity contribution in [2.75, 3.05) is 0 Å². The molecule has 21 heavy (non-hydrogen) atoms. The third kappa shape index (κ3) is 2.55. The SMILES string of the molecule is Cn1ncc(Br)c1C(N)C1(c2ccccc2)CCCCC1. The van der Waals surface area contributed by atoms with E-state index in [-0.39, 0.29) is 11.5 Å². The largest absolute Gasteiger partial charge is 0.322 e. The Hall–Kier alpha value is -1.13. The first kappa shape index (κ1) is 14.8. The normalized spacial score (nSPS) is 19.4. The van der Waals surface area contributed by atoms with Gasteiger partial charge in [-0.05, 0) is 34.3 Å². The van der Waals surface area contributed by atoms with E-state index in [1.165, 1.54) is 24.8 Å². The fourth-order valence-electron chi connectivity index (χ4n) is 3.76. The lowest BCUT2D eigenvalue weighted by Crippen LogP contribution is -2.41. The molecule has 1 aromatic heterocycles. The Balaban J connectivity index is 2.08. The maximum atomic E-state index is 6.79. The average molecular weight is 348 g/mol. The third-order valence-electron chi connectivity index (χ3n) is 4.92. The number of nitrogens with zero attached hydrogens (tertiary/aromatic N) is 2. The standard InChI is InChI=1S/C17H22BrN3/c1-21-15(14(18)12-20-21)16(19)17(10-6-3-7-11-17)13-8-4-2-5-9-13/h2,4-5,8-9,12,16H,3,6-7,10-11,19H2,1H3. The molecular formula is C17H22BrN3. The number of nitrogens with two attached hydrogens (primary N) is 1. The van der Waals surface area contributed by atoms with Gasteiger partial charge in [-0.2, -0.15) is 5.10 Å². The van der Waals surface area contributed by atoms with Gasteiger partial charge in [-0.3, -0.25) is 4.68 Å². The van der Waals surface area contributed by atoms with Crippen molar-refractivity contribution < 1.29 is 0 Å². The minimum absolute atomic E-state index is 0.0236. The summed E-state index contributed by atoms with van der Waals surface area (Å²) in [5, 5.41) is 4.35. The molecule has 0 aliphatic heterocycles. The van der Waals surface area contributed by atoms with Crippen LogP contribution in [-0.4, -0.2) is 9.78 Å². The van der Waals surface area contributed by atoms with Gasteiger partial charge in [0.25, 0.3) is 0 Å². The summed E-state index contributed by atoms with van der Waals surface area (Å²) in [4.78, 5) is 0. The Labute approximate surface area is 134 Å². The molecule has 0 bridgehead atoms. The second-order valence-electron chi connectivity index (χ2n) is 6.06. The topological polar surface area (TPSA) is 43.8 Å². The molecule has 1 saturated carbocycles. The highest BCUT2D eigenvalue weighted by molar-refractivity contribution is 9.10. The summed E-state index contributed by atoms with van der Waals surface area (Å²) in [6, 6.07) is 10.7. The minimum atomic E-state index is -0.0397. The van der Waals surface area contributed by atoms with Gasteiger partial charge in [-0.1, -0.05) is 49.6 Å². The van der Waals surface area contributed by atoms with E-state index in [1.54, 1.807) is 0 Å². The molecule has 1 aliphatic rings. The first-order valence-electron chi connectivity index (χ1n) is 7.64. The van der Waals surface area contributed by atoms with Crippen LogP contribution in [0.4, 0.5) is 0 Å². The fourth-order valence-corrected chi connectivity index (χ4v) is 4.36. The molecule has 3 nitrogen and oxygen atoms in total. The molecule has 1 aliphatic carbocycles. The second-order valence-corrected chi connectivity index (χ2v) is 6.92.